The monoisotopic (exact) mass is 540 g/mol. The van der Waals surface area contributed by atoms with Crippen LogP contribution in [0.4, 0.5) is 0 Å². The van der Waals surface area contributed by atoms with Crippen LogP contribution in [0.1, 0.15) is 194 Å². The van der Waals surface area contributed by atoms with Crippen LogP contribution in [0.15, 0.2) is 0 Å². The second kappa shape index (κ2) is 30.9. The van der Waals surface area contributed by atoms with E-state index in [4.69, 9.17) is 0 Å². The second-order valence-corrected chi connectivity index (χ2v) is 11.9. The number of unbranched alkanes of at least 4 members (excludes halogenated alkanes) is 24. The molecule has 3 N–H and O–H groups in total. The number of aliphatic hydroxyl groups excluding tert-OH is 2. The average Bonchev–Trinajstić information content (AvgIpc) is 2.92. The third kappa shape index (κ3) is 27.0. The molecule has 0 aromatic rings. The lowest BCUT2D eigenvalue weighted by atomic mass is 10.0. The quantitative estimate of drug-likeness (QED) is 0.0768. The van der Waals surface area contributed by atoms with Crippen molar-refractivity contribution in [3.8, 4) is 0 Å². The van der Waals surface area contributed by atoms with Crippen LogP contribution in [-0.2, 0) is 4.79 Å². The Kier molecular flexibility index (Phi) is 30.4. The minimum atomic E-state index is -0.650. The zero-order valence-corrected chi connectivity index (χ0v) is 26.0. The van der Waals surface area contributed by atoms with Crippen molar-refractivity contribution in [2.75, 3.05) is 6.61 Å². The Labute approximate surface area is 238 Å². The molecule has 0 bridgehead atoms. The molecule has 0 aliphatic carbocycles. The van der Waals surface area contributed by atoms with Gasteiger partial charge in [-0.05, 0) is 12.8 Å². The van der Waals surface area contributed by atoms with Crippen molar-refractivity contribution in [3.05, 3.63) is 0 Å². The summed E-state index contributed by atoms with van der Waals surface area (Å²) in [5.41, 5.74) is 0. The molecule has 4 nitrogen and oxygen atoms in total. The molecular weight excluding hydrogens is 470 g/mol. The summed E-state index contributed by atoms with van der Waals surface area (Å²) in [6.45, 7) is 4.33. The molecule has 0 radical (unpaired) electrons. The third-order valence-electron chi connectivity index (χ3n) is 8.12. The van der Waals surface area contributed by atoms with Crippen molar-refractivity contribution >= 4 is 5.91 Å². The molecule has 0 saturated heterocycles. The first-order valence-electron chi connectivity index (χ1n) is 17.2. The summed E-state index contributed by atoms with van der Waals surface area (Å²) in [6.07, 6.45) is 34.4. The van der Waals surface area contributed by atoms with E-state index >= 15 is 0 Å². The Bertz CT molecular complexity index is 471. The van der Waals surface area contributed by atoms with Gasteiger partial charge >= 0.3 is 0 Å². The predicted octanol–water partition coefficient (Wildman–Crippen LogP) is 9.79. The van der Waals surface area contributed by atoms with Crippen LogP contribution in [0.25, 0.3) is 0 Å². The van der Waals surface area contributed by atoms with E-state index in [9.17, 15) is 15.0 Å². The molecule has 0 aromatic heterocycles. The molecule has 0 fully saturated rings. The molecule has 0 heterocycles. The summed E-state index contributed by atoms with van der Waals surface area (Å²) in [7, 11) is 0. The Morgan fingerprint density at radius 3 is 1.18 bits per heavy atom. The molecule has 2 atom stereocenters. The Balaban J connectivity index is 3.51. The first-order valence-corrected chi connectivity index (χ1v) is 17.2. The fourth-order valence-electron chi connectivity index (χ4n) is 5.42. The molecule has 4 heteroatoms. The lowest BCUT2D eigenvalue weighted by Crippen LogP contribution is -2.45. The van der Waals surface area contributed by atoms with Crippen LogP contribution in [0.3, 0.4) is 0 Å². The summed E-state index contributed by atoms with van der Waals surface area (Å²) >= 11 is 0. The highest BCUT2D eigenvalue weighted by Crippen LogP contribution is 2.15. The number of rotatable bonds is 31. The SMILES string of the molecule is CCCCCCCCCCCCCCCCCCCC(O)C(CO)NC(=O)CCCCCCCCCCC. The minimum absolute atomic E-state index is 0.0338. The van der Waals surface area contributed by atoms with Gasteiger partial charge in [-0.2, -0.15) is 0 Å². The maximum absolute atomic E-state index is 12.2. The van der Waals surface area contributed by atoms with E-state index in [-0.39, 0.29) is 12.5 Å². The van der Waals surface area contributed by atoms with Crippen molar-refractivity contribution in [1.29, 1.82) is 0 Å². The van der Waals surface area contributed by atoms with Gasteiger partial charge in [0, 0.05) is 6.42 Å². The van der Waals surface area contributed by atoms with E-state index in [1.165, 1.54) is 141 Å². The molecule has 0 rings (SSSR count). The molecule has 0 aromatic carbocycles. The lowest BCUT2D eigenvalue weighted by molar-refractivity contribution is -0.123. The molecule has 228 valence electrons. The Hall–Kier alpha value is -0.610. The summed E-state index contributed by atoms with van der Waals surface area (Å²) < 4.78 is 0. The fraction of sp³-hybridized carbons (Fsp3) is 0.971. The van der Waals surface area contributed by atoms with Crippen LogP contribution in [0.5, 0.6) is 0 Å². The normalized spacial score (nSPS) is 13.1. The highest BCUT2D eigenvalue weighted by Gasteiger charge is 2.19. The Morgan fingerprint density at radius 1 is 0.526 bits per heavy atom. The maximum Gasteiger partial charge on any atom is 0.220 e. The standard InChI is InChI=1S/C34H69NO3/c1-3-5-7-9-11-13-14-15-16-17-18-19-20-22-23-25-27-29-33(37)32(31-36)35-34(38)30-28-26-24-21-12-10-8-6-4-2/h32-33,36-37H,3-31H2,1-2H3,(H,35,38). The van der Waals surface area contributed by atoms with E-state index in [0.29, 0.717) is 12.8 Å². The van der Waals surface area contributed by atoms with Crippen LogP contribution in [0, 0.1) is 0 Å². The van der Waals surface area contributed by atoms with E-state index in [1.807, 2.05) is 0 Å². The van der Waals surface area contributed by atoms with Gasteiger partial charge in [0.25, 0.3) is 0 Å². The Morgan fingerprint density at radius 2 is 0.842 bits per heavy atom. The summed E-state index contributed by atoms with van der Waals surface area (Å²) in [6, 6.07) is -0.526. The third-order valence-corrected chi connectivity index (χ3v) is 8.12. The first kappa shape index (κ1) is 37.4. The predicted molar refractivity (Wildman–Crippen MR) is 166 cm³/mol. The number of hydrogen-bond donors (Lipinski definition) is 3. The largest absolute Gasteiger partial charge is 0.394 e. The minimum Gasteiger partial charge on any atom is -0.394 e. The van der Waals surface area contributed by atoms with Gasteiger partial charge < -0.3 is 15.5 Å². The number of carbonyl (C=O) groups excluding carboxylic acids is 1. The zero-order valence-electron chi connectivity index (χ0n) is 26.0. The molecule has 38 heavy (non-hydrogen) atoms. The van der Waals surface area contributed by atoms with Gasteiger partial charge in [0.1, 0.15) is 0 Å². The van der Waals surface area contributed by atoms with Crippen molar-refractivity contribution in [3.63, 3.8) is 0 Å². The molecule has 1 amide bonds. The van der Waals surface area contributed by atoms with Crippen LogP contribution in [0.2, 0.25) is 0 Å². The van der Waals surface area contributed by atoms with Crippen LogP contribution in [-0.4, -0.2) is 34.9 Å². The van der Waals surface area contributed by atoms with Crippen LogP contribution < -0.4 is 5.32 Å². The van der Waals surface area contributed by atoms with Crippen molar-refractivity contribution < 1.29 is 15.0 Å². The summed E-state index contributed by atoms with van der Waals surface area (Å²) in [4.78, 5) is 12.2. The molecule has 0 spiro atoms. The average molecular weight is 540 g/mol. The van der Waals surface area contributed by atoms with Gasteiger partial charge in [-0.25, -0.2) is 0 Å². The summed E-state index contributed by atoms with van der Waals surface area (Å²) in [5.74, 6) is -0.0338. The van der Waals surface area contributed by atoms with Crippen LogP contribution >= 0.6 is 0 Å². The summed E-state index contributed by atoms with van der Waals surface area (Å²) in [5, 5.41) is 22.9. The van der Waals surface area contributed by atoms with Crippen molar-refractivity contribution in [2.45, 2.75) is 206 Å². The smallest absolute Gasteiger partial charge is 0.220 e. The molecule has 0 aliphatic heterocycles. The highest BCUT2D eigenvalue weighted by atomic mass is 16.3. The van der Waals surface area contributed by atoms with E-state index in [2.05, 4.69) is 19.2 Å². The zero-order chi connectivity index (χ0) is 27.9. The van der Waals surface area contributed by atoms with Gasteiger partial charge in [-0.15, -0.1) is 0 Å². The first-order chi connectivity index (χ1) is 18.7. The van der Waals surface area contributed by atoms with Gasteiger partial charge in [0.2, 0.25) is 5.91 Å². The van der Waals surface area contributed by atoms with E-state index < -0.39 is 12.1 Å². The lowest BCUT2D eigenvalue weighted by Gasteiger charge is -2.22. The molecule has 0 aliphatic rings. The topological polar surface area (TPSA) is 69.6 Å². The van der Waals surface area contributed by atoms with Gasteiger partial charge in [0.15, 0.2) is 0 Å². The number of amides is 1. The van der Waals surface area contributed by atoms with Crippen molar-refractivity contribution in [2.24, 2.45) is 0 Å². The van der Waals surface area contributed by atoms with Gasteiger partial charge in [0.05, 0.1) is 18.8 Å². The number of carbonyl (C=O) groups is 1. The number of hydrogen-bond acceptors (Lipinski definition) is 3. The van der Waals surface area contributed by atoms with Crippen molar-refractivity contribution in [1.82, 2.24) is 5.32 Å². The number of nitrogens with one attached hydrogen (secondary N) is 1. The molecule has 2 unspecified atom stereocenters. The molecule has 0 saturated carbocycles. The number of aliphatic hydroxyl groups is 2. The van der Waals surface area contributed by atoms with Gasteiger partial charge in [-0.3, -0.25) is 4.79 Å². The second-order valence-electron chi connectivity index (χ2n) is 11.9. The molecular formula is C34H69NO3. The maximum atomic E-state index is 12.2. The van der Waals surface area contributed by atoms with Gasteiger partial charge in [-0.1, -0.05) is 174 Å². The fourth-order valence-corrected chi connectivity index (χ4v) is 5.42. The van der Waals surface area contributed by atoms with E-state index in [1.54, 1.807) is 0 Å². The van der Waals surface area contributed by atoms with E-state index in [0.717, 1.165) is 25.7 Å². The highest BCUT2D eigenvalue weighted by molar-refractivity contribution is 5.76.